The summed E-state index contributed by atoms with van der Waals surface area (Å²) in [5.41, 5.74) is 1.03. The summed E-state index contributed by atoms with van der Waals surface area (Å²) < 4.78 is 27.4. The van der Waals surface area contributed by atoms with Gasteiger partial charge < -0.3 is 9.80 Å². The summed E-state index contributed by atoms with van der Waals surface area (Å²) in [6, 6.07) is 7.22. The summed E-state index contributed by atoms with van der Waals surface area (Å²) in [7, 11) is 0.534. The average Bonchev–Trinajstić information content (AvgIpc) is 2.68. The van der Waals surface area contributed by atoms with Crippen LogP contribution in [-0.2, 0) is 14.8 Å². The van der Waals surface area contributed by atoms with Gasteiger partial charge in [0.05, 0.1) is 31.0 Å². The first-order chi connectivity index (χ1) is 12.8. The van der Waals surface area contributed by atoms with Gasteiger partial charge in [-0.1, -0.05) is 17.7 Å². The molecule has 1 amide bonds. The molecule has 2 aliphatic heterocycles. The molecule has 1 aromatic carbocycles. The average molecular weight is 395 g/mol. The topological polar surface area (TPSA) is 62.1 Å². The van der Waals surface area contributed by atoms with Crippen molar-refractivity contribution in [3.63, 3.8) is 0 Å². The Hall–Kier alpha value is -1.44. The van der Waals surface area contributed by atoms with Gasteiger partial charge in [-0.05, 0) is 31.9 Å². The molecule has 2 heterocycles. The quantitative estimate of drug-likeness (QED) is 0.810. The van der Waals surface area contributed by atoms with Crippen LogP contribution in [0.2, 0.25) is 0 Å². The van der Waals surface area contributed by atoms with Crippen molar-refractivity contribution in [2.45, 2.75) is 43.5 Å². The van der Waals surface area contributed by atoms with Gasteiger partial charge >= 0.3 is 0 Å². The maximum Gasteiger partial charge on any atom is 0.243 e. The van der Waals surface area contributed by atoms with E-state index in [1.807, 2.05) is 31.0 Å². The lowest BCUT2D eigenvalue weighted by molar-refractivity contribution is -0.885. The number of sulfonamides is 1. The van der Waals surface area contributed by atoms with Crippen LogP contribution in [0.1, 0.15) is 31.2 Å². The number of likely N-dealkylation sites (tertiary alicyclic amines) is 1. The molecule has 0 bridgehead atoms. The van der Waals surface area contributed by atoms with E-state index in [0.717, 1.165) is 44.3 Å². The van der Waals surface area contributed by atoms with Gasteiger partial charge in [0.25, 0.3) is 0 Å². The molecule has 0 unspecified atom stereocenters. The van der Waals surface area contributed by atoms with Gasteiger partial charge in [0.2, 0.25) is 15.9 Å². The Morgan fingerprint density at radius 1 is 1.15 bits per heavy atom. The second kappa shape index (κ2) is 8.29. The Bertz CT molecular complexity index is 755. The highest BCUT2D eigenvalue weighted by Crippen LogP contribution is 2.26. The number of aryl methyl sites for hydroxylation is 1. The highest BCUT2D eigenvalue weighted by Gasteiger charge is 2.36. The first kappa shape index (κ1) is 20.3. The van der Waals surface area contributed by atoms with E-state index in [4.69, 9.17) is 0 Å². The van der Waals surface area contributed by atoms with E-state index in [-0.39, 0.29) is 24.4 Å². The normalized spacial score (nSPS) is 27.3. The van der Waals surface area contributed by atoms with Gasteiger partial charge in [0, 0.05) is 39.0 Å². The fraction of sp³-hybridized carbons (Fsp3) is 0.650. The number of hydrogen-bond donors (Lipinski definition) is 1. The Balaban J connectivity index is 1.68. The molecule has 0 radical (unpaired) electrons. The molecule has 7 heteroatoms. The van der Waals surface area contributed by atoms with Gasteiger partial charge in [0.1, 0.15) is 0 Å². The van der Waals surface area contributed by atoms with Crippen molar-refractivity contribution in [1.29, 1.82) is 0 Å². The maximum absolute atomic E-state index is 13.0. The van der Waals surface area contributed by atoms with Gasteiger partial charge in [-0.3, -0.25) is 4.79 Å². The third kappa shape index (κ3) is 4.52. The molecule has 1 aromatic rings. The number of benzene rings is 1. The molecule has 2 aliphatic rings. The molecular formula is C20H32N3O3S+. The standard InChI is InChI=1S/C20H31N3O3S/c1-16-6-8-19(9-7-16)27(25,26)23-12-4-5-17(15-23)20(24)22(3)18-10-13-21(2)14-11-18/h6-9,17-18H,4-5,10-15H2,1-3H3/p+1/t17-/m1/s1. The van der Waals surface area contributed by atoms with E-state index >= 15 is 0 Å². The van der Waals surface area contributed by atoms with Crippen LogP contribution in [0.4, 0.5) is 0 Å². The first-order valence-corrected chi connectivity index (χ1v) is 11.4. The van der Waals surface area contributed by atoms with Crippen molar-refractivity contribution in [2.24, 2.45) is 5.92 Å². The van der Waals surface area contributed by atoms with E-state index in [9.17, 15) is 13.2 Å². The van der Waals surface area contributed by atoms with Gasteiger partial charge in [-0.15, -0.1) is 0 Å². The summed E-state index contributed by atoms with van der Waals surface area (Å²) in [5, 5.41) is 0. The molecule has 0 saturated carbocycles. The van der Waals surface area contributed by atoms with E-state index in [0.29, 0.717) is 11.4 Å². The molecule has 0 aliphatic carbocycles. The van der Waals surface area contributed by atoms with E-state index in [2.05, 4.69) is 7.05 Å². The minimum atomic E-state index is -3.54. The van der Waals surface area contributed by atoms with Crippen LogP contribution in [0, 0.1) is 12.8 Å². The highest BCUT2D eigenvalue weighted by molar-refractivity contribution is 7.89. The summed E-state index contributed by atoms with van der Waals surface area (Å²) in [5.74, 6) is -0.140. The summed E-state index contributed by atoms with van der Waals surface area (Å²) in [4.78, 5) is 16.7. The zero-order valence-corrected chi connectivity index (χ0v) is 17.5. The third-order valence-electron chi connectivity index (χ3n) is 6.10. The van der Waals surface area contributed by atoms with Crippen molar-refractivity contribution < 1.29 is 18.1 Å². The fourth-order valence-corrected chi connectivity index (χ4v) is 5.70. The summed E-state index contributed by atoms with van der Waals surface area (Å²) >= 11 is 0. The largest absolute Gasteiger partial charge is 0.342 e. The number of hydrogen-bond acceptors (Lipinski definition) is 3. The summed E-state index contributed by atoms with van der Waals surface area (Å²) in [6.07, 6.45) is 3.53. The number of nitrogens with one attached hydrogen (secondary N) is 1. The second-order valence-corrected chi connectivity index (χ2v) is 10.1. The van der Waals surface area contributed by atoms with Crippen LogP contribution in [0.15, 0.2) is 29.2 Å². The lowest BCUT2D eigenvalue weighted by atomic mass is 9.96. The number of rotatable bonds is 4. The van der Waals surface area contributed by atoms with E-state index in [1.165, 1.54) is 9.21 Å². The van der Waals surface area contributed by atoms with E-state index in [1.54, 1.807) is 12.1 Å². The van der Waals surface area contributed by atoms with Crippen molar-refractivity contribution in [2.75, 3.05) is 40.3 Å². The molecule has 2 fully saturated rings. The Labute approximate surface area is 163 Å². The first-order valence-electron chi connectivity index (χ1n) is 9.94. The van der Waals surface area contributed by atoms with E-state index < -0.39 is 10.0 Å². The van der Waals surface area contributed by atoms with Crippen molar-refractivity contribution >= 4 is 15.9 Å². The molecule has 0 aromatic heterocycles. The lowest BCUT2D eigenvalue weighted by Gasteiger charge is -2.37. The predicted octanol–water partition coefficient (Wildman–Crippen LogP) is 0.531. The van der Waals surface area contributed by atoms with Crippen LogP contribution in [0.5, 0.6) is 0 Å². The van der Waals surface area contributed by atoms with Gasteiger partial charge in [-0.2, -0.15) is 4.31 Å². The zero-order chi connectivity index (χ0) is 19.6. The van der Waals surface area contributed by atoms with Crippen LogP contribution in [0.3, 0.4) is 0 Å². The number of nitrogens with zero attached hydrogens (tertiary/aromatic N) is 2. The number of amides is 1. The molecule has 0 spiro atoms. The van der Waals surface area contributed by atoms with Crippen LogP contribution in [-0.4, -0.2) is 69.8 Å². The predicted molar refractivity (Wildman–Crippen MR) is 105 cm³/mol. The Morgan fingerprint density at radius 3 is 2.41 bits per heavy atom. The highest BCUT2D eigenvalue weighted by atomic mass is 32.2. The number of piperidine rings is 2. The Morgan fingerprint density at radius 2 is 1.78 bits per heavy atom. The minimum absolute atomic E-state index is 0.100. The molecule has 1 N–H and O–H groups in total. The maximum atomic E-state index is 13.0. The van der Waals surface area contributed by atoms with Crippen LogP contribution in [0.25, 0.3) is 0 Å². The SMILES string of the molecule is Cc1ccc(S(=O)(=O)N2CCC[C@@H](C(=O)N(C)C3CC[NH+](C)CC3)C2)cc1. The lowest BCUT2D eigenvalue weighted by Crippen LogP contribution is -3.10. The smallest absolute Gasteiger partial charge is 0.243 e. The minimum Gasteiger partial charge on any atom is -0.342 e. The molecule has 150 valence electrons. The number of carbonyl (C=O) groups is 1. The fourth-order valence-electron chi connectivity index (χ4n) is 4.17. The Kier molecular flexibility index (Phi) is 6.23. The van der Waals surface area contributed by atoms with Gasteiger partial charge in [-0.25, -0.2) is 8.42 Å². The zero-order valence-electron chi connectivity index (χ0n) is 16.6. The van der Waals surface area contributed by atoms with Crippen molar-refractivity contribution in [1.82, 2.24) is 9.21 Å². The summed E-state index contributed by atoms with van der Waals surface area (Å²) in [6.45, 7) is 4.88. The number of carbonyl (C=O) groups excluding carboxylic acids is 1. The molecule has 27 heavy (non-hydrogen) atoms. The molecule has 2 saturated heterocycles. The monoisotopic (exact) mass is 394 g/mol. The number of quaternary nitrogens is 1. The second-order valence-electron chi connectivity index (χ2n) is 8.15. The molecule has 3 rings (SSSR count). The molecular weight excluding hydrogens is 362 g/mol. The third-order valence-corrected chi connectivity index (χ3v) is 7.98. The molecule has 6 nitrogen and oxygen atoms in total. The molecule has 1 atom stereocenters. The van der Waals surface area contributed by atoms with Gasteiger partial charge in [0.15, 0.2) is 0 Å². The van der Waals surface area contributed by atoms with Crippen LogP contribution < -0.4 is 4.90 Å². The van der Waals surface area contributed by atoms with Crippen molar-refractivity contribution in [3.8, 4) is 0 Å². The van der Waals surface area contributed by atoms with Crippen LogP contribution >= 0.6 is 0 Å². The van der Waals surface area contributed by atoms with Crippen molar-refractivity contribution in [3.05, 3.63) is 29.8 Å².